The molecule has 2 aliphatic heterocycles. The molecule has 1 saturated heterocycles. The van der Waals surface area contributed by atoms with Crippen LogP contribution in [0.15, 0.2) is 24.3 Å². The van der Waals surface area contributed by atoms with Crippen LogP contribution in [0.5, 0.6) is 11.5 Å². The molecule has 0 aliphatic carbocycles. The summed E-state index contributed by atoms with van der Waals surface area (Å²) in [4.78, 5) is 3.12. The normalized spacial score (nSPS) is 22.6. The molecule has 1 atom stereocenters. The molecule has 1 unspecified atom stereocenters. The van der Waals surface area contributed by atoms with Crippen molar-refractivity contribution < 1.29 is 9.47 Å². The Kier molecular flexibility index (Phi) is 2.89. The predicted octanol–water partition coefficient (Wildman–Crippen LogP) is 2.25. The standard InChI is InChI=1S/C13H15NO2S/c17-13(14-7-3-4-8-14)12-9-15-10-5-1-2-6-11(10)16-12/h1-2,5-6,12H,3-4,7-9H2. The molecule has 1 aromatic carbocycles. The third-order valence-electron chi connectivity index (χ3n) is 3.20. The van der Waals surface area contributed by atoms with Gasteiger partial charge in [-0.15, -0.1) is 0 Å². The van der Waals surface area contributed by atoms with Crippen molar-refractivity contribution in [1.29, 1.82) is 0 Å². The fourth-order valence-corrected chi connectivity index (χ4v) is 2.58. The maximum absolute atomic E-state index is 5.90. The van der Waals surface area contributed by atoms with Gasteiger partial charge in [-0.3, -0.25) is 0 Å². The summed E-state index contributed by atoms with van der Waals surface area (Å²) >= 11 is 5.48. The summed E-state index contributed by atoms with van der Waals surface area (Å²) in [7, 11) is 0. The highest BCUT2D eigenvalue weighted by atomic mass is 32.1. The molecular weight excluding hydrogens is 234 g/mol. The second-order valence-electron chi connectivity index (χ2n) is 4.40. The van der Waals surface area contributed by atoms with Crippen molar-refractivity contribution in [3.05, 3.63) is 24.3 Å². The third kappa shape index (κ3) is 2.09. The summed E-state index contributed by atoms with van der Waals surface area (Å²) in [5.41, 5.74) is 0. The molecule has 0 spiro atoms. The van der Waals surface area contributed by atoms with Gasteiger partial charge in [0.2, 0.25) is 0 Å². The zero-order chi connectivity index (χ0) is 11.7. The smallest absolute Gasteiger partial charge is 0.182 e. The zero-order valence-electron chi connectivity index (χ0n) is 9.59. The number of para-hydroxylation sites is 2. The molecule has 0 N–H and O–H groups in total. The van der Waals surface area contributed by atoms with Crippen LogP contribution >= 0.6 is 12.2 Å². The molecule has 0 aromatic heterocycles. The van der Waals surface area contributed by atoms with Crippen LogP contribution in [0.25, 0.3) is 0 Å². The van der Waals surface area contributed by atoms with Crippen molar-refractivity contribution in [1.82, 2.24) is 4.90 Å². The highest BCUT2D eigenvalue weighted by Gasteiger charge is 2.28. The molecular formula is C13H15NO2S. The van der Waals surface area contributed by atoms with Gasteiger partial charge in [0, 0.05) is 13.1 Å². The van der Waals surface area contributed by atoms with Crippen LogP contribution in [0, 0.1) is 0 Å². The summed E-state index contributed by atoms with van der Waals surface area (Å²) in [6.45, 7) is 2.63. The molecule has 90 valence electrons. The lowest BCUT2D eigenvalue weighted by Gasteiger charge is -2.30. The second kappa shape index (κ2) is 4.53. The van der Waals surface area contributed by atoms with Crippen LogP contribution in [0.2, 0.25) is 0 Å². The molecule has 17 heavy (non-hydrogen) atoms. The SMILES string of the molecule is S=C(C1COc2ccccc2O1)N1CCCC1. The number of benzene rings is 1. The Morgan fingerprint density at radius 3 is 2.65 bits per heavy atom. The minimum atomic E-state index is -0.113. The van der Waals surface area contributed by atoms with Crippen LogP contribution in [0.1, 0.15) is 12.8 Å². The molecule has 0 saturated carbocycles. The van der Waals surface area contributed by atoms with Crippen LogP contribution in [-0.4, -0.2) is 35.7 Å². The summed E-state index contributed by atoms with van der Waals surface area (Å²) in [6.07, 6.45) is 2.34. The van der Waals surface area contributed by atoms with Crippen molar-refractivity contribution in [3.63, 3.8) is 0 Å². The molecule has 4 heteroatoms. The first-order valence-electron chi connectivity index (χ1n) is 6.02. The lowest BCUT2D eigenvalue weighted by atomic mass is 10.2. The van der Waals surface area contributed by atoms with Gasteiger partial charge in [-0.2, -0.15) is 0 Å². The van der Waals surface area contributed by atoms with E-state index in [2.05, 4.69) is 4.90 Å². The monoisotopic (exact) mass is 249 g/mol. The van der Waals surface area contributed by atoms with Gasteiger partial charge < -0.3 is 14.4 Å². The predicted molar refractivity (Wildman–Crippen MR) is 69.8 cm³/mol. The molecule has 2 heterocycles. The second-order valence-corrected chi connectivity index (χ2v) is 4.81. The quantitative estimate of drug-likeness (QED) is 0.712. The number of thiocarbonyl (C=S) groups is 1. The maximum atomic E-state index is 5.90. The van der Waals surface area contributed by atoms with Crippen LogP contribution in [0.4, 0.5) is 0 Å². The fourth-order valence-electron chi connectivity index (χ4n) is 2.28. The number of rotatable bonds is 1. The van der Waals surface area contributed by atoms with Gasteiger partial charge in [0.25, 0.3) is 0 Å². The number of nitrogens with zero attached hydrogens (tertiary/aromatic N) is 1. The third-order valence-corrected chi connectivity index (χ3v) is 3.72. The highest BCUT2D eigenvalue weighted by molar-refractivity contribution is 7.80. The van der Waals surface area contributed by atoms with E-state index >= 15 is 0 Å². The minimum Gasteiger partial charge on any atom is -0.485 e. The Bertz CT molecular complexity index is 429. The van der Waals surface area contributed by atoms with Crippen molar-refractivity contribution >= 4 is 17.2 Å². The van der Waals surface area contributed by atoms with Crippen molar-refractivity contribution in [2.45, 2.75) is 18.9 Å². The largest absolute Gasteiger partial charge is 0.485 e. The van der Waals surface area contributed by atoms with Crippen molar-refractivity contribution in [3.8, 4) is 11.5 Å². The fraction of sp³-hybridized carbons (Fsp3) is 0.462. The van der Waals surface area contributed by atoms with Crippen molar-refractivity contribution in [2.24, 2.45) is 0 Å². The van der Waals surface area contributed by atoms with E-state index in [1.165, 1.54) is 12.8 Å². The van der Waals surface area contributed by atoms with E-state index in [-0.39, 0.29) is 6.10 Å². The zero-order valence-corrected chi connectivity index (χ0v) is 10.4. The molecule has 3 nitrogen and oxygen atoms in total. The Balaban J connectivity index is 1.73. The average molecular weight is 249 g/mol. The van der Waals surface area contributed by atoms with E-state index in [1.807, 2.05) is 24.3 Å². The Hall–Kier alpha value is -1.29. The molecule has 0 bridgehead atoms. The van der Waals surface area contributed by atoms with Crippen LogP contribution in [-0.2, 0) is 0 Å². The Labute approximate surface area is 106 Å². The average Bonchev–Trinajstić information content (AvgIpc) is 2.91. The number of hydrogen-bond acceptors (Lipinski definition) is 3. The molecule has 2 aliphatic rings. The summed E-state index contributed by atoms with van der Waals surface area (Å²) in [5, 5.41) is 0. The lowest BCUT2D eigenvalue weighted by molar-refractivity contribution is 0.128. The first-order chi connectivity index (χ1) is 8.34. The number of ether oxygens (including phenoxy) is 2. The topological polar surface area (TPSA) is 21.7 Å². The number of likely N-dealkylation sites (tertiary alicyclic amines) is 1. The van der Waals surface area contributed by atoms with Gasteiger partial charge >= 0.3 is 0 Å². The van der Waals surface area contributed by atoms with E-state index < -0.39 is 0 Å². The van der Waals surface area contributed by atoms with E-state index in [1.54, 1.807) is 0 Å². The van der Waals surface area contributed by atoms with Gasteiger partial charge in [0.15, 0.2) is 17.6 Å². The van der Waals surface area contributed by atoms with Crippen LogP contribution in [0.3, 0.4) is 0 Å². The van der Waals surface area contributed by atoms with E-state index in [9.17, 15) is 0 Å². The molecule has 3 rings (SSSR count). The lowest BCUT2D eigenvalue weighted by Crippen LogP contribution is -2.44. The maximum Gasteiger partial charge on any atom is 0.182 e. The van der Waals surface area contributed by atoms with E-state index in [0.717, 1.165) is 29.6 Å². The molecule has 1 aromatic rings. The van der Waals surface area contributed by atoms with Gasteiger partial charge in [0.05, 0.1) is 0 Å². The minimum absolute atomic E-state index is 0.113. The molecule has 0 radical (unpaired) electrons. The highest BCUT2D eigenvalue weighted by Crippen LogP contribution is 2.31. The van der Waals surface area contributed by atoms with Gasteiger partial charge in [-0.25, -0.2) is 0 Å². The van der Waals surface area contributed by atoms with E-state index in [0.29, 0.717) is 6.61 Å². The molecule has 0 amide bonds. The van der Waals surface area contributed by atoms with Gasteiger partial charge in [-0.05, 0) is 25.0 Å². The number of hydrogen-bond donors (Lipinski definition) is 0. The van der Waals surface area contributed by atoms with Gasteiger partial charge in [0.1, 0.15) is 11.6 Å². The Morgan fingerprint density at radius 2 is 1.88 bits per heavy atom. The number of fused-ring (bicyclic) bond motifs is 1. The first-order valence-corrected chi connectivity index (χ1v) is 6.43. The summed E-state index contributed by atoms with van der Waals surface area (Å²) in [5.74, 6) is 1.61. The van der Waals surface area contributed by atoms with Crippen molar-refractivity contribution in [2.75, 3.05) is 19.7 Å². The first kappa shape index (κ1) is 10.8. The molecule has 1 fully saturated rings. The van der Waals surface area contributed by atoms with Crippen LogP contribution < -0.4 is 9.47 Å². The Morgan fingerprint density at radius 1 is 1.18 bits per heavy atom. The van der Waals surface area contributed by atoms with Gasteiger partial charge in [-0.1, -0.05) is 24.4 Å². The summed E-state index contributed by atoms with van der Waals surface area (Å²) in [6, 6.07) is 7.74. The van der Waals surface area contributed by atoms with E-state index in [4.69, 9.17) is 21.7 Å². The summed E-state index contributed by atoms with van der Waals surface area (Å²) < 4.78 is 11.6.